The van der Waals surface area contributed by atoms with Crippen molar-refractivity contribution in [2.45, 2.75) is 31.2 Å². The van der Waals surface area contributed by atoms with Crippen LogP contribution in [0.2, 0.25) is 0 Å². The molecule has 0 radical (unpaired) electrons. The molecule has 2 aromatic carbocycles. The first-order valence-electron chi connectivity index (χ1n) is 8.62. The number of nitrogens with zero attached hydrogens (tertiary/aromatic N) is 3. The lowest BCUT2D eigenvalue weighted by atomic mass is 10.1. The van der Waals surface area contributed by atoms with Gasteiger partial charge in [0.2, 0.25) is 0 Å². The van der Waals surface area contributed by atoms with Crippen LogP contribution in [0.15, 0.2) is 53.7 Å². The highest BCUT2D eigenvalue weighted by Gasteiger charge is 2.24. The maximum Gasteiger partial charge on any atom is 0.319 e. The van der Waals surface area contributed by atoms with Crippen LogP contribution in [-0.4, -0.2) is 32.6 Å². The zero-order valence-corrected chi connectivity index (χ0v) is 16.2. The first-order valence-corrected chi connectivity index (χ1v) is 9.50. The Balaban J connectivity index is 2.11. The zero-order chi connectivity index (χ0) is 19.4. The Hall–Kier alpha value is -2.67. The molecule has 1 aromatic heterocycles. The SMILES string of the molecule is CCOC(=O)[C@H](C)Sc1nnc(-c2ccccc2F)n1-c1ccccc1C. The molecule has 0 aliphatic heterocycles. The third kappa shape index (κ3) is 4.03. The molecule has 0 bridgehead atoms. The molecule has 140 valence electrons. The Morgan fingerprint density at radius 3 is 2.59 bits per heavy atom. The molecular weight excluding hydrogens is 365 g/mol. The summed E-state index contributed by atoms with van der Waals surface area (Å²) in [5.41, 5.74) is 2.17. The van der Waals surface area contributed by atoms with E-state index in [2.05, 4.69) is 10.2 Å². The van der Waals surface area contributed by atoms with E-state index in [4.69, 9.17) is 4.74 Å². The summed E-state index contributed by atoms with van der Waals surface area (Å²) in [6, 6.07) is 14.1. The molecule has 1 heterocycles. The van der Waals surface area contributed by atoms with Crippen molar-refractivity contribution in [3.05, 3.63) is 59.9 Å². The molecule has 0 spiro atoms. The molecule has 0 saturated carbocycles. The second-order valence-corrected chi connectivity index (χ2v) is 7.23. The third-order valence-corrected chi connectivity index (χ3v) is 5.03. The number of carbonyl (C=O) groups is 1. The van der Waals surface area contributed by atoms with Crippen molar-refractivity contribution in [2.24, 2.45) is 0 Å². The molecule has 27 heavy (non-hydrogen) atoms. The first kappa shape index (κ1) is 19.1. The summed E-state index contributed by atoms with van der Waals surface area (Å²) in [4.78, 5) is 12.0. The first-order chi connectivity index (χ1) is 13.0. The lowest BCUT2D eigenvalue weighted by Gasteiger charge is -2.15. The average molecular weight is 385 g/mol. The summed E-state index contributed by atoms with van der Waals surface area (Å²) in [5.74, 6) is -0.315. The lowest BCUT2D eigenvalue weighted by molar-refractivity contribution is -0.142. The van der Waals surface area contributed by atoms with Gasteiger partial charge in [0.15, 0.2) is 11.0 Å². The highest BCUT2D eigenvalue weighted by Crippen LogP contribution is 2.32. The third-order valence-electron chi connectivity index (χ3n) is 4.01. The molecule has 0 saturated heterocycles. The van der Waals surface area contributed by atoms with Crippen molar-refractivity contribution in [1.29, 1.82) is 0 Å². The minimum atomic E-state index is -0.467. The van der Waals surface area contributed by atoms with E-state index in [1.165, 1.54) is 17.8 Å². The van der Waals surface area contributed by atoms with E-state index in [1.807, 2.05) is 31.2 Å². The summed E-state index contributed by atoms with van der Waals surface area (Å²) in [6.07, 6.45) is 0. The van der Waals surface area contributed by atoms with Gasteiger partial charge in [0.05, 0.1) is 17.9 Å². The highest BCUT2D eigenvalue weighted by molar-refractivity contribution is 8.00. The number of esters is 1. The summed E-state index contributed by atoms with van der Waals surface area (Å²) in [6.45, 7) is 5.79. The number of rotatable bonds is 6. The summed E-state index contributed by atoms with van der Waals surface area (Å²) < 4.78 is 21.3. The molecule has 0 fully saturated rings. The number of aryl methyl sites for hydroxylation is 1. The molecule has 1 atom stereocenters. The number of carbonyl (C=O) groups excluding carboxylic acids is 1. The van der Waals surface area contributed by atoms with Crippen LogP contribution in [0.4, 0.5) is 4.39 Å². The number of halogens is 1. The summed E-state index contributed by atoms with van der Waals surface area (Å²) in [7, 11) is 0. The number of thioether (sulfide) groups is 1. The minimum absolute atomic E-state index is 0.314. The number of aromatic nitrogens is 3. The van der Waals surface area contributed by atoms with Gasteiger partial charge in [-0.05, 0) is 44.5 Å². The van der Waals surface area contributed by atoms with Gasteiger partial charge in [-0.25, -0.2) is 4.39 Å². The van der Waals surface area contributed by atoms with Gasteiger partial charge in [-0.15, -0.1) is 10.2 Å². The summed E-state index contributed by atoms with van der Waals surface area (Å²) in [5, 5.41) is 8.49. The van der Waals surface area contributed by atoms with Crippen LogP contribution in [0.1, 0.15) is 19.4 Å². The Morgan fingerprint density at radius 2 is 1.89 bits per heavy atom. The molecule has 0 amide bonds. The van der Waals surface area contributed by atoms with Gasteiger partial charge < -0.3 is 4.74 Å². The molecular formula is C20H20FN3O2S. The molecule has 3 rings (SSSR count). The Labute approximate surface area is 161 Å². The van der Waals surface area contributed by atoms with E-state index in [-0.39, 0.29) is 11.8 Å². The fourth-order valence-electron chi connectivity index (χ4n) is 2.66. The van der Waals surface area contributed by atoms with E-state index >= 15 is 0 Å². The maximum absolute atomic E-state index is 14.4. The monoisotopic (exact) mass is 385 g/mol. The second-order valence-electron chi connectivity index (χ2n) is 5.92. The molecule has 7 heteroatoms. The maximum atomic E-state index is 14.4. The van der Waals surface area contributed by atoms with Gasteiger partial charge in [-0.2, -0.15) is 0 Å². The van der Waals surface area contributed by atoms with Crippen LogP contribution >= 0.6 is 11.8 Å². The fraction of sp³-hybridized carbons (Fsp3) is 0.250. The van der Waals surface area contributed by atoms with Crippen molar-refractivity contribution >= 4 is 17.7 Å². The van der Waals surface area contributed by atoms with Crippen molar-refractivity contribution in [3.63, 3.8) is 0 Å². The van der Waals surface area contributed by atoms with E-state index in [9.17, 15) is 9.18 Å². The zero-order valence-electron chi connectivity index (χ0n) is 15.3. The van der Waals surface area contributed by atoms with Crippen LogP contribution in [0.3, 0.4) is 0 Å². The topological polar surface area (TPSA) is 57.0 Å². The molecule has 0 unspecified atom stereocenters. The normalized spacial score (nSPS) is 12.0. The molecule has 0 aliphatic rings. The van der Waals surface area contributed by atoms with Crippen LogP contribution in [0.5, 0.6) is 0 Å². The number of para-hydroxylation sites is 1. The Morgan fingerprint density at radius 1 is 1.19 bits per heavy atom. The van der Waals surface area contributed by atoms with E-state index in [0.717, 1.165) is 11.3 Å². The second kappa shape index (κ2) is 8.35. The largest absolute Gasteiger partial charge is 0.465 e. The van der Waals surface area contributed by atoms with Crippen molar-refractivity contribution < 1.29 is 13.9 Å². The smallest absolute Gasteiger partial charge is 0.319 e. The number of benzene rings is 2. The average Bonchev–Trinajstić information content (AvgIpc) is 3.05. The Kier molecular flexibility index (Phi) is 5.91. The minimum Gasteiger partial charge on any atom is -0.465 e. The quantitative estimate of drug-likeness (QED) is 0.464. The van der Waals surface area contributed by atoms with Crippen molar-refractivity contribution in [3.8, 4) is 17.1 Å². The van der Waals surface area contributed by atoms with Crippen molar-refractivity contribution in [2.75, 3.05) is 6.61 Å². The van der Waals surface area contributed by atoms with Gasteiger partial charge in [0.25, 0.3) is 0 Å². The van der Waals surface area contributed by atoms with E-state index in [0.29, 0.717) is 23.2 Å². The number of ether oxygens (including phenoxy) is 1. The van der Waals surface area contributed by atoms with Gasteiger partial charge >= 0.3 is 5.97 Å². The van der Waals surface area contributed by atoms with Crippen LogP contribution in [-0.2, 0) is 9.53 Å². The fourth-order valence-corrected chi connectivity index (χ4v) is 3.52. The van der Waals surface area contributed by atoms with Crippen LogP contribution in [0.25, 0.3) is 17.1 Å². The van der Waals surface area contributed by atoms with Crippen LogP contribution < -0.4 is 0 Å². The predicted octanol–water partition coefficient (Wildman–Crippen LogP) is 4.43. The van der Waals surface area contributed by atoms with E-state index < -0.39 is 5.25 Å². The molecule has 3 aromatic rings. The predicted molar refractivity (Wildman–Crippen MR) is 103 cm³/mol. The van der Waals surface area contributed by atoms with Gasteiger partial charge in [0, 0.05) is 0 Å². The number of hydrogen-bond acceptors (Lipinski definition) is 5. The Bertz CT molecular complexity index is 958. The van der Waals surface area contributed by atoms with Crippen LogP contribution in [0, 0.1) is 12.7 Å². The van der Waals surface area contributed by atoms with E-state index in [1.54, 1.807) is 36.6 Å². The van der Waals surface area contributed by atoms with Gasteiger partial charge in [-0.3, -0.25) is 9.36 Å². The van der Waals surface area contributed by atoms with Crippen molar-refractivity contribution in [1.82, 2.24) is 14.8 Å². The molecule has 0 aliphatic carbocycles. The standard InChI is InChI=1S/C20H20FN3O2S/c1-4-26-19(25)14(3)27-20-23-22-18(15-10-6-7-11-16(15)21)24(20)17-12-8-5-9-13(17)2/h5-12,14H,4H2,1-3H3/t14-/m0/s1. The van der Waals surface area contributed by atoms with Gasteiger partial charge in [-0.1, -0.05) is 42.1 Å². The molecule has 5 nitrogen and oxygen atoms in total. The lowest BCUT2D eigenvalue weighted by Crippen LogP contribution is -2.17. The number of hydrogen-bond donors (Lipinski definition) is 0. The van der Waals surface area contributed by atoms with Gasteiger partial charge in [0.1, 0.15) is 11.1 Å². The summed E-state index contributed by atoms with van der Waals surface area (Å²) >= 11 is 1.24. The highest BCUT2D eigenvalue weighted by atomic mass is 32.2. The molecule has 0 N–H and O–H groups in total.